The Morgan fingerprint density at radius 1 is 1.19 bits per heavy atom. The minimum absolute atomic E-state index is 0.0404. The van der Waals surface area contributed by atoms with Crippen molar-refractivity contribution in [1.82, 2.24) is 9.55 Å². The molecule has 0 saturated carbocycles. The number of amides is 1. The Labute approximate surface area is 184 Å². The largest absolute Gasteiger partial charge is 0.497 e. The number of carbonyl (C=O) groups is 1. The van der Waals surface area contributed by atoms with E-state index in [9.17, 15) is 9.59 Å². The molecule has 2 N–H and O–H groups in total. The summed E-state index contributed by atoms with van der Waals surface area (Å²) < 4.78 is 12.8. The fourth-order valence-corrected chi connectivity index (χ4v) is 4.61. The summed E-state index contributed by atoms with van der Waals surface area (Å²) in [7, 11) is 3.29. The molecule has 5 rings (SSSR count). The number of ether oxygens (including phenoxy) is 1. The number of aromatic nitrogens is 2. The normalized spacial score (nSPS) is 14.9. The van der Waals surface area contributed by atoms with Crippen molar-refractivity contribution in [2.24, 2.45) is 12.8 Å². The molecule has 0 aliphatic carbocycles. The molecule has 164 valence electrons. The minimum Gasteiger partial charge on any atom is -0.497 e. The van der Waals surface area contributed by atoms with Gasteiger partial charge in [0.1, 0.15) is 16.8 Å². The van der Waals surface area contributed by atoms with Gasteiger partial charge in [-0.1, -0.05) is 18.2 Å². The van der Waals surface area contributed by atoms with Crippen LogP contribution in [0.3, 0.4) is 0 Å². The number of piperidine rings is 1. The van der Waals surface area contributed by atoms with E-state index in [1.165, 1.54) is 4.57 Å². The Bertz CT molecular complexity index is 1400. The van der Waals surface area contributed by atoms with Crippen LogP contribution in [0.5, 0.6) is 5.75 Å². The minimum atomic E-state index is -0.707. The summed E-state index contributed by atoms with van der Waals surface area (Å²) in [6, 6.07) is 13.2. The Kier molecular flexibility index (Phi) is 4.84. The third-order valence-electron chi connectivity index (χ3n) is 6.29. The van der Waals surface area contributed by atoms with E-state index in [1.54, 1.807) is 14.2 Å². The number of para-hydroxylation sites is 1. The van der Waals surface area contributed by atoms with Gasteiger partial charge in [-0.15, -0.1) is 0 Å². The highest BCUT2D eigenvalue weighted by molar-refractivity contribution is 6.06. The molecule has 3 heterocycles. The standard InChI is InChI=1S/C24H24N4O4/c1-27-18-6-4-3-5-16(18)21(20(22(25)29)24(27)30)28-11-9-14(10-12-28)23-26-17-13-15(31-2)7-8-19(17)32-23/h3-8,13-14H,9-12H2,1-2H3,(H2,25,29). The van der Waals surface area contributed by atoms with Gasteiger partial charge in [-0.2, -0.15) is 0 Å². The summed E-state index contributed by atoms with van der Waals surface area (Å²) in [5.74, 6) is 0.890. The Morgan fingerprint density at radius 3 is 2.66 bits per heavy atom. The average Bonchev–Trinajstić information content (AvgIpc) is 3.24. The predicted molar refractivity (Wildman–Crippen MR) is 122 cm³/mol. The van der Waals surface area contributed by atoms with Crippen molar-refractivity contribution in [1.29, 1.82) is 0 Å². The van der Waals surface area contributed by atoms with Crippen molar-refractivity contribution in [2.45, 2.75) is 18.8 Å². The maximum atomic E-state index is 12.9. The second kappa shape index (κ2) is 7.71. The first-order valence-corrected chi connectivity index (χ1v) is 10.6. The first-order valence-electron chi connectivity index (χ1n) is 10.6. The summed E-state index contributed by atoms with van der Waals surface area (Å²) in [6.45, 7) is 1.31. The number of methoxy groups -OCH3 is 1. The van der Waals surface area contributed by atoms with Crippen molar-refractivity contribution < 1.29 is 13.9 Å². The van der Waals surface area contributed by atoms with Crippen LogP contribution < -0.4 is 20.9 Å². The first-order chi connectivity index (χ1) is 15.5. The van der Waals surface area contributed by atoms with E-state index in [0.717, 1.165) is 40.6 Å². The van der Waals surface area contributed by atoms with Crippen molar-refractivity contribution >= 4 is 33.6 Å². The molecule has 0 atom stereocenters. The highest BCUT2D eigenvalue weighted by atomic mass is 16.5. The number of hydrogen-bond acceptors (Lipinski definition) is 6. The number of primary amides is 1. The number of hydrogen-bond donors (Lipinski definition) is 1. The van der Waals surface area contributed by atoms with Gasteiger partial charge in [0.2, 0.25) is 0 Å². The molecule has 0 radical (unpaired) electrons. The molecule has 0 spiro atoms. The number of pyridine rings is 1. The highest BCUT2D eigenvalue weighted by Crippen LogP contribution is 2.36. The molecule has 1 fully saturated rings. The van der Waals surface area contributed by atoms with E-state index in [2.05, 4.69) is 9.88 Å². The van der Waals surface area contributed by atoms with Crippen LogP contribution in [0.15, 0.2) is 51.7 Å². The summed E-state index contributed by atoms with van der Waals surface area (Å²) in [5, 5.41) is 0.843. The van der Waals surface area contributed by atoms with Gasteiger partial charge >= 0.3 is 0 Å². The van der Waals surface area contributed by atoms with Crippen LogP contribution in [-0.2, 0) is 7.05 Å². The lowest BCUT2D eigenvalue weighted by atomic mass is 9.95. The Morgan fingerprint density at radius 2 is 1.94 bits per heavy atom. The molecule has 1 aliphatic rings. The van der Waals surface area contributed by atoms with E-state index in [0.29, 0.717) is 24.7 Å². The Balaban J connectivity index is 1.48. The van der Waals surface area contributed by atoms with Crippen LogP contribution in [0, 0.1) is 0 Å². The molecule has 1 saturated heterocycles. The van der Waals surface area contributed by atoms with Gasteiger partial charge in [0.05, 0.1) is 18.3 Å². The van der Waals surface area contributed by atoms with Gasteiger partial charge in [-0.25, -0.2) is 4.98 Å². The molecular formula is C24H24N4O4. The van der Waals surface area contributed by atoms with Crippen LogP contribution in [0.25, 0.3) is 22.0 Å². The number of nitrogens with zero attached hydrogens (tertiary/aromatic N) is 3. The number of nitrogens with two attached hydrogens (primary N) is 1. The zero-order valence-electron chi connectivity index (χ0n) is 18.0. The van der Waals surface area contributed by atoms with Crippen LogP contribution in [-0.4, -0.2) is 35.7 Å². The van der Waals surface area contributed by atoms with E-state index in [4.69, 9.17) is 14.9 Å². The summed E-state index contributed by atoms with van der Waals surface area (Å²) >= 11 is 0. The van der Waals surface area contributed by atoms with Crippen molar-refractivity contribution in [3.8, 4) is 5.75 Å². The van der Waals surface area contributed by atoms with Crippen LogP contribution in [0.4, 0.5) is 5.69 Å². The lowest BCUT2D eigenvalue weighted by Crippen LogP contribution is -2.38. The zero-order valence-corrected chi connectivity index (χ0v) is 18.0. The zero-order chi connectivity index (χ0) is 22.4. The third-order valence-corrected chi connectivity index (χ3v) is 6.29. The molecule has 2 aromatic heterocycles. The predicted octanol–water partition coefficient (Wildman–Crippen LogP) is 3.17. The second-order valence-corrected chi connectivity index (χ2v) is 8.12. The van der Waals surface area contributed by atoms with Crippen LogP contribution >= 0.6 is 0 Å². The van der Waals surface area contributed by atoms with Gasteiger partial charge in [0.25, 0.3) is 11.5 Å². The van der Waals surface area contributed by atoms with Crippen LogP contribution in [0.2, 0.25) is 0 Å². The van der Waals surface area contributed by atoms with E-state index in [1.807, 2.05) is 42.5 Å². The fourth-order valence-electron chi connectivity index (χ4n) is 4.61. The molecular weight excluding hydrogens is 408 g/mol. The molecule has 8 heteroatoms. The maximum Gasteiger partial charge on any atom is 0.265 e. The number of carbonyl (C=O) groups excluding carboxylic acids is 1. The number of aryl methyl sites for hydroxylation is 1. The second-order valence-electron chi connectivity index (χ2n) is 8.12. The van der Waals surface area contributed by atoms with Gasteiger partial charge in [0, 0.05) is 37.5 Å². The van der Waals surface area contributed by atoms with Gasteiger partial charge < -0.3 is 24.4 Å². The number of benzene rings is 2. The first kappa shape index (κ1) is 20.1. The summed E-state index contributed by atoms with van der Waals surface area (Å²) in [6.07, 6.45) is 1.57. The summed E-state index contributed by atoms with van der Waals surface area (Å²) in [4.78, 5) is 32.0. The van der Waals surface area contributed by atoms with Gasteiger partial charge in [-0.05, 0) is 31.0 Å². The van der Waals surface area contributed by atoms with Crippen molar-refractivity contribution in [3.63, 3.8) is 0 Å². The smallest absolute Gasteiger partial charge is 0.265 e. The SMILES string of the molecule is COc1ccc2oc(C3CCN(c4c(C(N)=O)c(=O)n(C)c5ccccc45)CC3)nc2c1. The average molecular weight is 432 g/mol. The monoisotopic (exact) mass is 432 g/mol. The topological polar surface area (TPSA) is 104 Å². The van der Waals surface area contributed by atoms with E-state index >= 15 is 0 Å². The Hall–Kier alpha value is -3.81. The lowest BCUT2D eigenvalue weighted by Gasteiger charge is -2.34. The molecule has 1 amide bonds. The number of fused-ring (bicyclic) bond motifs is 2. The highest BCUT2D eigenvalue weighted by Gasteiger charge is 2.29. The fraction of sp³-hybridized carbons (Fsp3) is 0.292. The molecule has 4 aromatic rings. The number of oxazole rings is 1. The van der Waals surface area contributed by atoms with E-state index in [-0.39, 0.29) is 17.0 Å². The number of anilines is 1. The lowest BCUT2D eigenvalue weighted by molar-refractivity contribution is 0.0999. The number of rotatable bonds is 4. The maximum absolute atomic E-state index is 12.9. The summed E-state index contributed by atoms with van der Waals surface area (Å²) in [5.41, 5.74) is 8.22. The molecule has 2 aromatic carbocycles. The molecule has 8 nitrogen and oxygen atoms in total. The van der Waals surface area contributed by atoms with Gasteiger partial charge in [-0.3, -0.25) is 9.59 Å². The molecule has 0 unspecified atom stereocenters. The van der Waals surface area contributed by atoms with Crippen LogP contribution in [0.1, 0.15) is 35.0 Å². The molecule has 32 heavy (non-hydrogen) atoms. The van der Waals surface area contributed by atoms with Crippen molar-refractivity contribution in [3.05, 3.63) is 64.3 Å². The third kappa shape index (κ3) is 3.19. The van der Waals surface area contributed by atoms with Crippen molar-refractivity contribution in [2.75, 3.05) is 25.1 Å². The molecule has 0 bridgehead atoms. The molecule has 1 aliphatic heterocycles. The van der Waals surface area contributed by atoms with Gasteiger partial charge in [0.15, 0.2) is 11.5 Å². The quantitative estimate of drug-likeness (QED) is 0.531. The van der Waals surface area contributed by atoms with E-state index < -0.39 is 5.91 Å².